The van der Waals surface area contributed by atoms with Crippen molar-refractivity contribution in [1.29, 1.82) is 0 Å². The van der Waals surface area contributed by atoms with Gasteiger partial charge in [0, 0.05) is 5.56 Å². The number of barbiturate groups is 1. The smallest absolute Gasteiger partial charge is 0.335 e. The molecule has 0 bridgehead atoms. The molecule has 5 rings (SSSR count). The number of fused-ring (bicyclic) bond motifs is 1. The van der Waals surface area contributed by atoms with E-state index in [1.54, 1.807) is 42.5 Å². The molecule has 1 fully saturated rings. The van der Waals surface area contributed by atoms with E-state index in [-0.39, 0.29) is 17.7 Å². The van der Waals surface area contributed by atoms with Crippen molar-refractivity contribution < 1.29 is 29.0 Å². The number of aromatic carboxylic acids is 1. The van der Waals surface area contributed by atoms with E-state index in [0.717, 1.165) is 26.8 Å². The lowest BCUT2D eigenvalue weighted by molar-refractivity contribution is -0.122. The minimum absolute atomic E-state index is 0.128. The average molecular weight is 507 g/mol. The monoisotopic (exact) mass is 506 g/mol. The van der Waals surface area contributed by atoms with Crippen LogP contribution in [0.15, 0.2) is 90.5 Å². The molecule has 8 heteroatoms. The quantitative estimate of drug-likeness (QED) is 0.278. The van der Waals surface area contributed by atoms with Gasteiger partial charge in [-0.3, -0.25) is 14.9 Å². The highest BCUT2D eigenvalue weighted by atomic mass is 16.5. The van der Waals surface area contributed by atoms with E-state index < -0.39 is 23.8 Å². The number of imide groups is 2. The Bertz CT molecular complexity index is 1620. The summed E-state index contributed by atoms with van der Waals surface area (Å²) in [7, 11) is 0. The van der Waals surface area contributed by atoms with E-state index in [1.165, 1.54) is 18.2 Å². The Hall–Kier alpha value is -5.24. The van der Waals surface area contributed by atoms with Crippen molar-refractivity contribution in [1.82, 2.24) is 5.32 Å². The summed E-state index contributed by atoms with van der Waals surface area (Å²) in [6.45, 7) is 2.02. The van der Waals surface area contributed by atoms with E-state index in [2.05, 4.69) is 5.32 Å². The molecule has 1 saturated heterocycles. The second-order valence-corrected chi connectivity index (χ2v) is 8.78. The highest BCUT2D eigenvalue weighted by molar-refractivity contribution is 6.39. The predicted octanol–water partition coefficient (Wildman–Crippen LogP) is 5.09. The third-order valence-electron chi connectivity index (χ3n) is 6.21. The lowest BCUT2D eigenvalue weighted by Gasteiger charge is -2.26. The summed E-state index contributed by atoms with van der Waals surface area (Å²) in [5.41, 5.74) is 2.50. The Morgan fingerprint density at radius 3 is 2.34 bits per heavy atom. The van der Waals surface area contributed by atoms with Crippen molar-refractivity contribution in [2.75, 3.05) is 4.90 Å². The summed E-state index contributed by atoms with van der Waals surface area (Å²) < 4.78 is 6.07. The molecule has 0 atom stereocenters. The van der Waals surface area contributed by atoms with E-state index in [9.17, 15) is 19.2 Å². The first-order chi connectivity index (χ1) is 18.3. The second-order valence-electron chi connectivity index (χ2n) is 8.78. The summed E-state index contributed by atoms with van der Waals surface area (Å²) >= 11 is 0. The molecule has 0 aliphatic carbocycles. The van der Waals surface area contributed by atoms with Crippen molar-refractivity contribution in [3.8, 4) is 5.75 Å². The van der Waals surface area contributed by atoms with Gasteiger partial charge in [0.25, 0.3) is 11.8 Å². The third kappa shape index (κ3) is 4.75. The molecule has 1 heterocycles. The predicted molar refractivity (Wildman–Crippen MR) is 142 cm³/mol. The SMILES string of the molecule is Cc1ccc(N2C(=O)NC(=O)/C(=C\c3c(OCc4ccc(C(=O)O)cc4)ccc4ccccc34)C2=O)cc1. The van der Waals surface area contributed by atoms with Gasteiger partial charge < -0.3 is 9.84 Å². The maximum Gasteiger partial charge on any atom is 0.335 e. The Morgan fingerprint density at radius 2 is 1.63 bits per heavy atom. The van der Waals surface area contributed by atoms with Crippen LogP contribution in [-0.2, 0) is 16.2 Å². The second kappa shape index (κ2) is 10.0. The van der Waals surface area contributed by atoms with Crippen LogP contribution in [0.25, 0.3) is 16.8 Å². The number of carboxylic acids is 1. The number of nitrogens with zero attached hydrogens (tertiary/aromatic N) is 1. The van der Waals surface area contributed by atoms with Gasteiger partial charge in [-0.15, -0.1) is 0 Å². The fraction of sp³-hybridized carbons (Fsp3) is 0.0667. The van der Waals surface area contributed by atoms with Gasteiger partial charge in [0.15, 0.2) is 0 Å². The molecule has 1 aliphatic heterocycles. The van der Waals surface area contributed by atoms with Gasteiger partial charge in [-0.1, -0.05) is 60.2 Å². The number of urea groups is 1. The van der Waals surface area contributed by atoms with Crippen molar-refractivity contribution >= 4 is 46.4 Å². The number of hydrogen-bond donors (Lipinski definition) is 2. The number of hydrogen-bond acceptors (Lipinski definition) is 5. The zero-order valence-corrected chi connectivity index (χ0v) is 20.3. The van der Waals surface area contributed by atoms with Crippen LogP contribution in [0.4, 0.5) is 10.5 Å². The summed E-state index contributed by atoms with van der Waals surface area (Å²) in [6.07, 6.45) is 1.44. The molecule has 0 unspecified atom stereocenters. The number of nitrogens with one attached hydrogen (secondary N) is 1. The fourth-order valence-electron chi connectivity index (χ4n) is 4.19. The number of carbonyl (C=O) groups is 4. The minimum atomic E-state index is -1.02. The van der Waals surface area contributed by atoms with Gasteiger partial charge >= 0.3 is 12.0 Å². The van der Waals surface area contributed by atoms with Gasteiger partial charge in [-0.2, -0.15) is 0 Å². The van der Waals surface area contributed by atoms with Gasteiger partial charge in [0.2, 0.25) is 0 Å². The Kier molecular flexibility index (Phi) is 6.45. The van der Waals surface area contributed by atoms with Crippen molar-refractivity contribution in [2.24, 2.45) is 0 Å². The normalized spacial score (nSPS) is 14.6. The standard InChI is InChI=1S/C30H22N2O6/c1-18-6-13-22(14-7-18)32-28(34)25(27(33)31-30(32)37)16-24-23-5-3-2-4-20(23)12-15-26(24)38-17-19-8-10-21(11-9-19)29(35)36/h2-16H,17H2,1H3,(H,35,36)(H,31,33,37)/b25-16+. The molecule has 2 N–H and O–H groups in total. The number of rotatable bonds is 6. The molecule has 1 aliphatic rings. The van der Waals surface area contributed by atoms with Crippen LogP contribution < -0.4 is 15.0 Å². The minimum Gasteiger partial charge on any atom is -0.488 e. The van der Waals surface area contributed by atoms with Crippen LogP contribution in [0, 0.1) is 6.92 Å². The van der Waals surface area contributed by atoms with Gasteiger partial charge in [0.05, 0.1) is 11.3 Å². The first kappa shape index (κ1) is 24.5. The van der Waals surface area contributed by atoms with Crippen molar-refractivity contribution in [3.05, 3.63) is 113 Å². The summed E-state index contributed by atoms with van der Waals surface area (Å²) in [5.74, 6) is -2.15. The number of ether oxygens (including phenoxy) is 1. The zero-order valence-electron chi connectivity index (χ0n) is 20.3. The molecular weight excluding hydrogens is 484 g/mol. The molecule has 0 spiro atoms. The molecule has 8 nitrogen and oxygen atoms in total. The molecule has 0 saturated carbocycles. The van der Waals surface area contributed by atoms with Gasteiger partial charge in [-0.25, -0.2) is 14.5 Å². The van der Waals surface area contributed by atoms with Gasteiger partial charge in [-0.05, 0) is 59.7 Å². The number of aryl methyl sites for hydroxylation is 1. The molecule has 38 heavy (non-hydrogen) atoms. The third-order valence-corrected chi connectivity index (χ3v) is 6.21. The largest absolute Gasteiger partial charge is 0.488 e. The van der Waals surface area contributed by atoms with E-state index in [4.69, 9.17) is 9.84 Å². The number of anilines is 1. The van der Waals surface area contributed by atoms with E-state index in [0.29, 0.717) is 17.0 Å². The fourth-order valence-corrected chi connectivity index (χ4v) is 4.19. The van der Waals surface area contributed by atoms with Crippen molar-refractivity contribution in [3.63, 3.8) is 0 Å². The van der Waals surface area contributed by atoms with Crippen LogP contribution in [0.1, 0.15) is 27.0 Å². The molecule has 4 aromatic rings. The van der Waals surface area contributed by atoms with Crippen LogP contribution in [0.2, 0.25) is 0 Å². The molecule has 4 amide bonds. The first-order valence-electron chi connectivity index (χ1n) is 11.8. The molecule has 0 aromatic heterocycles. The number of carbonyl (C=O) groups excluding carboxylic acids is 3. The number of benzene rings is 4. The Labute approximate surface area is 217 Å². The summed E-state index contributed by atoms with van der Waals surface area (Å²) in [5, 5.41) is 13.0. The lowest BCUT2D eigenvalue weighted by atomic mass is 9.99. The Morgan fingerprint density at radius 1 is 0.921 bits per heavy atom. The van der Waals surface area contributed by atoms with Crippen LogP contribution in [0.5, 0.6) is 5.75 Å². The summed E-state index contributed by atoms with van der Waals surface area (Å²) in [4.78, 5) is 50.9. The summed E-state index contributed by atoms with van der Waals surface area (Å²) in [6, 6.07) is 23.4. The van der Waals surface area contributed by atoms with Crippen LogP contribution in [0.3, 0.4) is 0 Å². The van der Waals surface area contributed by atoms with Crippen LogP contribution >= 0.6 is 0 Å². The number of carboxylic acid groups (broad SMARTS) is 1. The maximum atomic E-state index is 13.4. The highest BCUT2D eigenvalue weighted by Crippen LogP contribution is 2.32. The maximum absolute atomic E-state index is 13.4. The Balaban J connectivity index is 1.54. The molecule has 0 radical (unpaired) electrons. The first-order valence-corrected chi connectivity index (χ1v) is 11.8. The van der Waals surface area contributed by atoms with E-state index >= 15 is 0 Å². The van der Waals surface area contributed by atoms with Crippen LogP contribution in [-0.4, -0.2) is 28.9 Å². The lowest BCUT2D eigenvalue weighted by Crippen LogP contribution is -2.54. The highest BCUT2D eigenvalue weighted by Gasteiger charge is 2.37. The van der Waals surface area contributed by atoms with Gasteiger partial charge in [0.1, 0.15) is 17.9 Å². The number of amides is 4. The molecular formula is C30H22N2O6. The molecule has 4 aromatic carbocycles. The zero-order chi connectivity index (χ0) is 26.8. The van der Waals surface area contributed by atoms with Crippen molar-refractivity contribution in [2.45, 2.75) is 13.5 Å². The average Bonchev–Trinajstić information content (AvgIpc) is 2.91. The topological polar surface area (TPSA) is 113 Å². The molecule has 188 valence electrons. The van der Waals surface area contributed by atoms with E-state index in [1.807, 2.05) is 37.3 Å².